The second-order valence-electron chi connectivity index (χ2n) is 0.539. The molecule has 0 spiro atoms. The number of rotatable bonds is 0. The molecule has 0 aromatic carbocycles. The Bertz CT molecular complexity index is 133. The van der Waals surface area contributed by atoms with E-state index < -0.39 is 0 Å². The van der Waals surface area contributed by atoms with E-state index in [1.165, 1.54) is 0 Å². The maximum absolute atomic E-state index is 4.70. The first-order chi connectivity index (χ1) is 2.91. The van der Waals surface area contributed by atoms with Gasteiger partial charge in [0.1, 0.15) is 0 Å². The monoisotopic (exact) mass is 80.0 g/mol. The van der Waals surface area contributed by atoms with Crippen LogP contribution in [0, 0.1) is 36.5 Å². The van der Waals surface area contributed by atoms with Crippen molar-refractivity contribution in [2.24, 2.45) is 0 Å². The third-order valence-electron chi connectivity index (χ3n) is 0.207. The highest BCUT2D eigenvalue weighted by Gasteiger charge is 1.41. The molecule has 0 bridgehead atoms. The van der Waals surface area contributed by atoms with Crippen LogP contribution in [0.15, 0.2) is 0 Å². The van der Waals surface area contributed by atoms with E-state index in [9.17, 15) is 0 Å². The van der Waals surface area contributed by atoms with Gasteiger partial charge in [-0.25, -0.2) is 0 Å². The predicted octanol–water partition coefficient (Wildman–Crippen LogP) is 0.256. The average Bonchev–Trinajstić information content (AvgIpc) is 1.61. The van der Waals surface area contributed by atoms with E-state index in [4.69, 9.17) is 12.8 Å². The van der Waals surface area contributed by atoms with Gasteiger partial charge in [-0.05, 0) is 23.7 Å². The standard InChI is InChI=1S/C6H2/c1-3-5-6-4-2/h1-2H/i1+1,2+1,3+1,4+1,5+1,6+1. The summed E-state index contributed by atoms with van der Waals surface area (Å²) in [5.41, 5.74) is 0. The van der Waals surface area contributed by atoms with Crippen molar-refractivity contribution in [3.05, 3.63) is 0 Å². The summed E-state index contributed by atoms with van der Waals surface area (Å²) in [4.78, 5) is 0. The minimum Gasteiger partial charge on any atom is -0.106 e. The molecule has 0 N–H and O–H groups in total. The first kappa shape index (κ1) is 4.68. The molecule has 0 aliphatic carbocycles. The van der Waals surface area contributed by atoms with Gasteiger partial charge in [-0.2, -0.15) is 0 Å². The fraction of sp³-hybridized carbons (Fsp3) is 0. The molecule has 6 heavy (non-hydrogen) atoms. The Morgan fingerprint density at radius 3 is 1.33 bits per heavy atom. The Morgan fingerprint density at radius 2 is 1.17 bits per heavy atom. The molecule has 0 fully saturated rings. The van der Waals surface area contributed by atoms with Crippen molar-refractivity contribution >= 4 is 0 Å². The lowest BCUT2D eigenvalue weighted by Gasteiger charge is -1.43. The Morgan fingerprint density at radius 1 is 0.833 bits per heavy atom. The topological polar surface area (TPSA) is 0 Å². The molecule has 0 saturated heterocycles. The molecule has 0 aromatic heterocycles. The molecular formula is C6H2. The van der Waals surface area contributed by atoms with Crippen LogP contribution < -0.4 is 0 Å². The van der Waals surface area contributed by atoms with Gasteiger partial charge >= 0.3 is 0 Å². The molecule has 0 heteroatoms. The van der Waals surface area contributed by atoms with E-state index >= 15 is 0 Å². The van der Waals surface area contributed by atoms with Crippen LogP contribution in [0.3, 0.4) is 0 Å². The zero-order valence-electron chi connectivity index (χ0n) is 3.15. The molecule has 0 heterocycles. The van der Waals surface area contributed by atoms with E-state index in [1.54, 1.807) is 0 Å². The third-order valence-corrected chi connectivity index (χ3v) is 0.207. The van der Waals surface area contributed by atoms with Crippen molar-refractivity contribution in [3.8, 4) is 36.5 Å². The highest BCUT2D eigenvalue weighted by Crippen LogP contribution is 1.42. The first-order valence-corrected chi connectivity index (χ1v) is 1.33. The molecule has 0 aliphatic heterocycles. The molecule has 0 radical (unpaired) electrons. The maximum Gasteiger partial charge on any atom is -0.00134 e. The van der Waals surface area contributed by atoms with Crippen molar-refractivity contribution in [1.82, 2.24) is 0 Å². The van der Waals surface area contributed by atoms with Crippen molar-refractivity contribution in [3.63, 3.8) is 0 Å². The summed E-state index contributed by atoms with van der Waals surface area (Å²) in [7, 11) is 0. The average molecular weight is 80.0 g/mol. The molecule has 0 nitrogen and oxygen atoms in total. The van der Waals surface area contributed by atoms with E-state index in [0.29, 0.717) is 0 Å². The minimum absolute atomic E-state index is 2.06. The molecule has 0 amide bonds. The first-order valence-electron chi connectivity index (χ1n) is 1.33. The van der Waals surface area contributed by atoms with E-state index in [0.717, 1.165) is 0 Å². The lowest BCUT2D eigenvalue weighted by Crippen LogP contribution is -1.42. The van der Waals surface area contributed by atoms with Crippen LogP contribution in [0.2, 0.25) is 0 Å². The summed E-state index contributed by atoms with van der Waals surface area (Å²) in [6, 6.07) is 0. The van der Waals surface area contributed by atoms with Gasteiger partial charge in [0.15, 0.2) is 0 Å². The molecule has 0 saturated carbocycles. The van der Waals surface area contributed by atoms with Gasteiger partial charge in [0.05, 0.1) is 0 Å². The molecule has 0 rings (SSSR count). The van der Waals surface area contributed by atoms with Crippen molar-refractivity contribution in [1.29, 1.82) is 0 Å². The van der Waals surface area contributed by atoms with Crippen molar-refractivity contribution < 1.29 is 0 Å². The van der Waals surface area contributed by atoms with Crippen LogP contribution >= 0.6 is 0 Å². The van der Waals surface area contributed by atoms with E-state index in [2.05, 4.69) is 23.7 Å². The normalized spacial score (nSPS) is 3.00. The number of terminal acetylenes is 2. The summed E-state index contributed by atoms with van der Waals surface area (Å²) >= 11 is 0. The Balaban J connectivity index is 3.60. The van der Waals surface area contributed by atoms with Crippen molar-refractivity contribution in [2.45, 2.75) is 0 Å². The van der Waals surface area contributed by atoms with Gasteiger partial charge < -0.3 is 0 Å². The minimum atomic E-state index is 2.06. The Labute approximate surface area is 37.6 Å². The van der Waals surface area contributed by atoms with Gasteiger partial charge in [-0.1, -0.05) is 0 Å². The predicted molar refractivity (Wildman–Crippen MR) is 25.4 cm³/mol. The van der Waals surface area contributed by atoms with Gasteiger partial charge in [0, 0.05) is 0 Å². The Kier molecular flexibility index (Phi) is 2.87. The van der Waals surface area contributed by atoms with Crippen LogP contribution in [0.25, 0.3) is 0 Å². The van der Waals surface area contributed by atoms with Crippen LogP contribution in [0.4, 0.5) is 0 Å². The highest BCUT2D eigenvalue weighted by atomic mass is 14.4. The Hall–Kier alpha value is -1.32. The molecule has 0 aliphatic rings. The van der Waals surface area contributed by atoms with Crippen molar-refractivity contribution in [2.75, 3.05) is 0 Å². The smallest absolute Gasteiger partial charge is 0.00134 e. The number of hydrogen-bond donors (Lipinski definition) is 0. The summed E-state index contributed by atoms with van der Waals surface area (Å²) < 4.78 is 0. The molecule has 0 unspecified atom stereocenters. The quantitative estimate of drug-likeness (QED) is 0.289. The summed E-state index contributed by atoms with van der Waals surface area (Å²) in [5.74, 6) is 8.61. The van der Waals surface area contributed by atoms with Crippen LogP contribution in [-0.4, -0.2) is 0 Å². The highest BCUT2D eigenvalue weighted by molar-refractivity contribution is 5.31. The summed E-state index contributed by atoms with van der Waals surface area (Å²) in [6.07, 6.45) is 9.39. The zero-order chi connectivity index (χ0) is 4.83. The molecule has 26 valence electrons. The molecule has 0 aromatic rings. The van der Waals surface area contributed by atoms with Crippen LogP contribution in [-0.2, 0) is 0 Å². The lowest BCUT2D eigenvalue weighted by atomic mass is 11.6. The largest absolute Gasteiger partial charge is 0.106 e. The van der Waals surface area contributed by atoms with Gasteiger partial charge in [0.25, 0.3) is 0 Å². The van der Waals surface area contributed by atoms with Gasteiger partial charge in [-0.3, -0.25) is 0 Å². The lowest BCUT2D eigenvalue weighted by molar-refractivity contribution is 2.47. The molecule has 0 atom stereocenters. The second kappa shape index (κ2) is 3.68. The summed E-state index contributed by atoms with van der Waals surface area (Å²) in [5, 5.41) is 0. The number of hydrogen-bond acceptors (Lipinski definition) is 0. The third kappa shape index (κ3) is 2.68. The van der Waals surface area contributed by atoms with Gasteiger partial charge in [-0.15, -0.1) is 12.8 Å². The van der Waals surface area contributed by atoms with Crippen LogP contribution in [0.5, 0.6) is 0 Å². The van der Waals surface area contributed by atoms with Gasteiger partial charge in [0.2, 0.25) is 0 Å². The maximum atomic E-state index is 4.70. The fourth-order valence-corrected chi connectivity index (χ4v) is 0.0722. The second-order valence-corrected chi connectivity index (χ2v) is 0.539. The molecular weight excluding hydrogens is 78.0 g/mol. The van der Waals surface area contributed by atoms with E-state index in [1.807, 2.05) is 0 Å². The SMILES string of the molecule is [13CH]#[13C][13C]#[13C][13C]#[13CH]. The van der Waals surface area contributed by atoms with E-state index in [-0.39, 0.29) is 0 Å². The zero-order valence-corrected chi connectivity index (χ0v) is 3.15. The fourth-order valence-electron chi connectivity index (χ4n) is 0.0722. The summed E-state index contributed by atoms with van der Waals surface area (Å²) in [6.45, 7) is 0. The van der Waals surface area contributed by atoms with Crippen LogP contribution in [0.1, 0.15) is 0 Å².